The van der Waals surface area contributed by atoms with Crippen molar-refractivity contribution in [1.29, 1.82) is 0 Å². The lowest BCUT2D eigenvalue weighted by molar-refractivity contribution is -0.118. The summed E-state index contributed by atoms with van der Waals surface area (Å²) in [4.78, 5) is 25.9. The highest BCUT2D eigenvalue weighted by Crippen LogP contribution is 2.28. The Bertz CT molecular complexity index is 1260. The summed E-state index contributed by atoms with van der Waals surface area (Å²) in [6.07, 6.45) is 0. The topological polar surface area (TPSA) is 67.4 Å². The number of fused-ring (bicyclic) bond motifs is 1. The fourth-order valence-corrected chi connectivity index (χ4v) is 4.26. The lowest BCUT2D eigenvalue weighted by Crippen LogP contribution is -2.22. The number of rotatable bonds is 8. The maximum absolute atomic E-state index is 12.8. The standard InChI is InChI=1S/C27H24N2O3S/c1-19(27(31)29-25-16-7-10-20-9-5-6-15-24(20)25)33-23-14-8-11-21(17-23)28-26(30)18-32-22-12-3-2-4-13-22/h2-17,19H,18H2,1H3,(H,28,30)(H,29,31). The first-order chi connectivity index (χ1) is 16.1. The van der Waals surface area contributed by atoms with Crippen LogP contribution in [0.5, 0.6) is 5.75 Å². The van der Waals surface area contributed by atoms with Crippen LogP contribution in [-0.2, 0) is 9.59 Å². The molecule has 0 aliphatic carbocycles. The van der Waals surface area contributed by atoms with Crippen molar-refractivity contribution in [3.8, 4) is 5.75 Å². The van der Waals surface area contributed by atoms with E-state index in [9.17, 15) is 9.59 Å². The summed E-state index contributed by atoms with van der Waals surface area (Å²) in [5.41, 5.74) is 1.45. The van der Waals surface area contributed by atoms with Gasteiger partial charge in [0.2, 0.25) is 5.91 Å². The minimum absolute atomic E-state index is 0.0782. The molecule has 0 heterocycles. The van der Waals surface area contributed by atoms with Crippen LogP contribution >= 0.6 is 11.8 Å². The fourth-order valence-electron chi connectivity index (χ4n) is 3.34. The first kappa shape index (κ1) is 22.4. The van der Waals surface area contributed by atoms with Gasteiger partial charge in [-0.3, -0.25) is 9.59 Å². The van der Waals surface area contributed by atoms with Crippen LogP contribution in [0, 0.1) is 0 Å². The number of amides is 2. The molecule has 5 nitrogen and oxygen atoms in total. The minimum Gasteiger partial charge on any atom is -0.484 e. The summed E-state index contributed by atoms with van der Waals surface area (Å²) < 4.78 is 5.48. The van der Waals surface area contributed by atoms with Crippen molar-refractivity contribution in [2.45, 2.75) is 17.1 Å². The van der Waals surface area contributed by atoms with Crippen LogP contribution in [0.4, 0.5) is 11.4 Å². The van der Waals surface area contributed by atoms with Gasteiger partial charge in [0, 0.05) is 21.7 Å². The van der Waals surface area contributed by atoms with Crippen LogP contribution in [0.1, 0.15) is 6.92 Å². The number of hydrogen-bond donors (Lipinski definition) is 2. The number of ether oxygens (including phenoxy) is 1. The summed E-state index contributed by atoms with van der Waals surface area (Å²) in [5.74, 6) is 0.313. The Balaban J connectivity index is 1.34. The van der Waals surface area contributed by atoms with E-state index in [0.29, 0.717) is 11.4 Å². The lowest BCUT2D eigenvalue weighted by atomic mass is 10.1. The third-order valence-corrected chi connectivity index (χ3v) is 6.05. The molecule has 0 saturated carbocycles. The molecule has 2 N–H and O–H groups in total. The Morgan fingerprint density at radius 3 is 2.42 bits per heavy atom. The molecule has 2 amide bonds. The van der Waals surface area contributed by atoms with Gasteiger partial charge in [0.25, 0.3) is 5.91 Å². The summed E-state index contributed by atoms with van der Waals surface area (Å²) in [6, 6.07) is 30.5. The van der Waals surface area contributed by atoms with Gasteiger partial charge in [0.1, 0.15) is 5.75 Å². The van der Waals surface area contributed by atoms with Crippen molar-refractivity contribution in [3.05, 3.63) is 97.1 Å². The van der Waals surface area contributed by atoms with Crippen LogP contribution < -0.4 is 15.4 Å². The predicted molar refractivity (Wildman–Crippen MR) is 135 cm³/mol. The van der Waals surface area contributed by atoms with Crippen LogP contribution in [0.2, 0.25) is 0 Å². The molecule has 0 spiro atoms. The van der Waals surface area contributed by atoms with Gasteiger partial charge in [-0.05, 0) is 48.7 Å². The average Bonchev–Trinajstić information content (AvgIpc) is 2.84. The molecule has 4 rings (SSSR count). The van der Waals surface area contributed by atoms with E-state index in [2.05, 4.69) is 10.6 Å². The number of hydrogen-bond acceptors (Lipinski definition) is 4. The minimum atomic E-state index is -0.323. The quantitative estimate of drug-likeness (QED) is 0.320. The average molecular weight is 457 g/mol. The highest BCUT2D eigenvalue weighted by atomic mass is 32.2. The third kappa shape index (κ3) is 6.14. The van der Waals surface area contributed by atoms with E-state index >= 15 is 0 Å². The van der Waals surface area contributed by atoms with Crippen molar-refractivity contribution in [2.75, 3.05) is 17.2 Å². The van der Waals surface area contributed by atoms with Crippen LogP contribution in [0.25, 0.3) is 10.8 Å². The molecule has 166 valence electrons. The molecular weight excluding hydrogens is 432 g/mol. The zero-order valence-corrected chi connectivity index (χ0v) is 19.0. The Hall–Kier alpha value is -3.77. The third-order valence-electron chi connectivity index (χ3n) is 4.96. The first-order valence-corrected chi connectivity index (χ1v) is 11.5. The molecule has 0 aromatic heterocycles. The van der Waals surface area contributed by atoms with Gasteiger partial charge in [-0.2, -0.15) is 0 Å². The van der Waals surface area contributed by atoms with E-state index < -0.39 is 0 Å². The molecular formula is C27H24N2O3S. The van der Waals surface area contributed by atoms with Crippen molar-refractivity contribution < 1.29 is 14.3 Å². The van der Waals surface area contributed by atoms with Crippen molar-refractivity contribution >= 4 is 45.7 Å². The summed E-state index contributed by atoms with van der Waals surface area (Å²) in [5, 5.41) is 7.64. The van der Waals surface area contributed by atoms with Gasteiger partial charge in [-0.1, -0.05) is 60.7 Å². The largest absolute Gasteiger partial charge is 0.484 e. The Morgan fingerprint density at radius 2 is 1.58 bits per heavy atom. The second-order valence-electron chi connectivity index (χ2n) is 7.45. The van der Waals surface area contributed by atoms with Gasteiger partial charge in [0.15, 0.2) is 6.61 Å². The normalized spacial score (nSPS) is 11.5. The second-order valence-corrected chi connectivity index (χ2v) is 8.87. The molecule has 4 aromatic carbocycles. The Morgan fingerprint density at radius 1 is 0.848 bits per heavy atom. The number of anilines is 2. The molecule has 0 saturated heterocycles. The van der Waals surface area contributed by atoms with E-state index in [1.165, 1.54) is 11.8 Å². The van der Waals surface area contributed by atoms with Crippen LogP contribution in [0.3, 0.4) is 0 Å². The highest BCUT2D eigenvalue weighted by Gasteiger charge is 2.16. The molecule has 0 bridgehead atoms. The van der Waals surface area contributed by atoms with Gasteiger partial charge in [-0.15, -0.1) is 11.8 Å². The van der Waals surface area contributed by atoms with Crippen LogP contribution in [-0.4, -0.2) is 23.7 Å². The molecule has 1 atom stereocenters. The second kappa shape index (κ2) is 10.7. The Kier molecular flexibility index (Phi) is 7.27. The highest BCUT2D eigenvalue weighted by molar-refractivity contribution is 8.00. The monoisotopic (exact) mass is 456 g/mol. The SMILES string of the molecule is CC(Sc1cccc(NC(=O)COc2ccccc2)c1)C(=O)Nc1cccc2ccccc12. The van der Waals surface area contributed by atoms with E-state index in [-0.39, 0.29) is 23.7 Å². The smallest absolute Gasteiger partial charge is 0.262 e. The maximum atomic E-state index is 12.8. The molecule has 0 fully saturated rings. The molecule has 0 aliphatic rings. The summed E-state index contributed by atoms with van der Waals surface area (Å²) >= 11 is 1.43. The predicted octanol–water partition coefficient (Wildman–Crippen LogP) is 5.98. The zero-order chi connectivity index (χ0) is 23.0. The van der Waals surface area contributed by atoms with Gasteiger partial charge in [-0.25, -0.2) is 0 Å². The van der Waals surface area contributed by atoms with E-state index in [1.54, 1.807) is 12.1 Å². The fraction of sp³-hybridized carbons (Fsp3) is 0.111. The summed E-state index contributed by atoms with van der Waals surface area (Å²) in [6.45, 7) is 1.79. The number of benzene rings is 4. The molecule has 4 aromatic rings. The summed E-state index contributed by atoms with van der Waals surface area (Å²) in [7, 11) is 0. The molecule has 0 aliphatic heterocycles. The number of thioether (sulfide) groups is 1. The number of carbonyl (C=O) groups excluding carboxylic acids is 2. The van der Waals surface area contributed by atoms with E-state index in [4.69, 9.17) is 4.74 Å². The number of carbonyl (C=O) groups is 2. The zero-order valence-electron chi connectivity index (χ0n) is 18.2. The van der Waals surface area contributed by atoms with Gasteiger partial charge in [0.05, 0.1) is 5.25 Å². The molecule has 6 heteroatoms. The number of nitrogens with one attached hydrogen (secondary N) is 2. The van der Waals surface area contributed by atoms with E-state index in [0.717, 1.165) is 21.4 Å². The number of para-hydroxylation sites is 1. The van der Waals surface area contributed by atoms with Gasteiger partial charge >= 0.3 is 0 Å². The lowest BCUT2D eigenvalue weighted by Gasteiger charge is -2.14. The molecule has 0 radical (unpaired) electrons. The van der Waals surface area contributed by atoms with Crippen molar-refractivity contribution in [3.63, 3.8) is 0 Å². The van der Waals surface area contributed by atoms with Crippen molar-refractivity contribution in [1.82, 2.24) is 0 Å². The maximum Gasteiger partial charge on any atom is 0.262 e. The van der Waals surface area contributed by atoms with Crippen molar-refractivity contribution in [2.24, 2.45) is 0 Å². The molecule has 1 unspecified atom stereocenters. The van der Waals surface area contributed by atoms with Gasteiger partial charge < -0.3 is 15.4 Å². The first-order valence-electron chi connectivity index (χ1n) is 10.6. The van der Waals surface area contributed by atoms with Crippen LogP contribution in [0.15, 0.2) is 102 Å². The molecule has 33 heavy (non-hydrogen) atoms. The van der Waals surface area contributed by atoms with E-state index in [1.807, 2.05) is 91.9 Å². The Labute approximate surface area is 197 Å².